The van der Waals surface area contributed by atoms with Gasteiger partial charge in [0.05, 0.1) is 17.7 Å². The van der Waals surface area contributed by atoms with Gasteiger partial charge in [0.1, 0.15) is 6.54 Å². The van der Waals surface area contributed by atoms with Gasteiger partial charge < -0.3 is 15.0 Å². The Bertz CT molecular complexity index is 908. The number of carbonyl (C=O) groups is 2. The Hall–Kier alpha value is -2.74. The largest absolute Gasteiger partial charge is 0.383 e. The summed E-state index contributed by atoms with van der Waals surface area (Å²) in [6.45, 7) is 3.74. The normalized spacial score (nSPS) is 16.9. The molecule has 2 heterocycles. The van der Waals surface area contributed by atoms with E-state index in [0.29, 0.717) is 43.7 Å². The third-order valence-corrected chi connectivity index (χ3v) is 4.79. The lowest BCUT2D eigenvalue weighted by Gasteiger charge is -2.16. The molecule has 0 unspecified atom stereocenters. The summed E-state index contributed by atoms with van der Waals surface area (Å²) < 4.78 is 6.19. The highest BCUT2D eigenvalue weighted by Crippen LogP contribution is 2.16. The minimum atomic E-state index is -0.290. The smallest absolute Gasteiger partial charge is 0.275 e. The van der Waals surface area contributed by atoms with E-state index < -0.39 is 0 Å². The standard InChI is InChI=1S/C19H24N4O4/c1-13-15-5-3-4-6-16(15)19(26)23(21-13)12-17(24)20-10-14-9-18(25)22(11-14)7-8-27-2/h3-6,14H,7-12H2,1-2H3,(H,20,24)/t14-/m1/s1. The first-order valence-electron chi connectivity index (χ1n) is 8.99. The molecule has 3 rings (SSSR count). The minimum Gasteiger partial charge on any atom is -0.383 e. The van der Waals surface area contributed by atoms with E-state index >= 15 is 0 Å². The van der Waals surface area contributed by atoms with Crippen LogP contribution in [0.4, 0.5) is 0 Å². The highest BCUT2D eigenvalue weighted by molar-refractivity contribution is 5.84. The van der Waals surface area contributed by atoms with E-state index in [-0.39, 0.29) is 29.8 Å². The van der Waals surface area contributed by atoms with E-state index in [0.717, 1.165) is 5.39 Å². The quantitative estimate of drug-likeness (QED) is 0.755. The molecule has 0 aliphatic carbocycles. The van der Waals surface area contributed by atoms with Gasteiger partial charge in [-0.2, -0.15) is 5.10 Å². The molecule has 2 amide bonds. The molecule has 1 aliphatic heterocycles. The number of benzene rings is 1. The molecule has 0 saturated carbocycles. The van der Waals surface area contributed by atoms with E-state index in [1.54, 1.807) is 24.1 Å². The molecule has 1 saturated heterocycles. The van der Waals surface area contributed by atoms with Crippen molar-refractivity contribution in [2.45, 2.75) is 19.9 Å². The maximum atomic E-state index is 12.5. The van der Waals surface area contributed by atoms with Crippen LogP contribution in [-0.4, -0.2) is 59.8 Å². The van der Waals surface area contributed by atoms with Crippen LogP contribution in [0.5, 0.6) is 0 Å². The summed E-state index contributed by atoms with van der Waals surface area (Å²) >= 11 is 0. The van der Waals surface area contributed by atoms with Crippen molar-refractivity contribution in [2.24, 2.45) is 5.92 Å². The van der Waals surface area contributed by atoms with Gasteiger partial charge >= 0.3 is 0 Å². The number of ether oxygens (including phenoxy) is 1. The predicted molar refractivity (Wildman–Crippen MR) is 100 cm³/mol. The number of amides is 2. The fourth-order valence-electron chi connectivity index (χ4n) is 3.37. The van der Waals surface area contributed by atoms with Crippen LogP contribution in [0.1, 0.15) is 12.1 Å². The van der Waals surface area contributed by atoms with Gasteiger partial charge in [-0.25, -0.2) is 4.68 Å². The first-order valence-corrected chi connectivity index (χ1v) is 8.99. The van der Waals surface area contributed by atoms with Crippen molar-refractivity contribution < 1.29 is 14.3 Å². The second-order valence-corrected chi connectivity index (χ2v) is 6.80. The fourth-order valence-corrected chi connectivity index (χ4v) is 3.37. The van der Waals surface area contributed by atoms with Gasteiger partial charge in [-0.15, -0.1) is 0 Å². The summed E-state index contributed by atoms with van der Waals surface area (Å²) in [6.07, 6.45) is 0.414. The summed E-state index contributed by atoms with van der Waals surface area (Å²) in [7, 11) is 1.60. The topological polar surface area (TPSA) is 93.5 Å². The van der Waals surface area contributed by atoms with Gasteiger partial charge in [-0.3, -0.25) is 14.4 Å². The number of methoxy groups -OCH3 is 1. The maximum Gasteiger partial charge on any atom is 0.275 e. The molecule has 27 heavy (non-hydrogen) atoms. The number of hydrogen-bond acceptors (Lipinski definition) is 5. The van der Waals surface area contributed by atoms with Crippen LogP contribution in [0.2, 0.25) is 0 Å². The average Bonchev–Trinajstić information content (AvgIpc) is 3.02. The predicted octanol–water partition coefficient (Wildman–Crippen LogP) is 0.316. The molecular formula is C19H24N4O4. The zero-order valence-corrected chi connectivity index (χ0v) is 15.6. The molecule has 1 N–H and O–H groups in total. The maximum absolute atomic E-state index is 12.5. The first-order chi connectivity index (χ1) is 13.0. The number of nitrogens with one attached hydrogen (secondary N) is 1. The van der Waals surface area contributed by atoms with Crippen molar-refractivity contribution in [1.82, 2.24) is 20.0 Å². The number of aromatic nitrogens is 2. The Morgan fingerprint density at radius 3 is 2.78 bits per heavy atom. The number of fused-ring (bicyclic) bond motifs is 1. The van der Waals surface area contributed by atoms with Crippen LogP contribution in [0, 0.1) is 12.8 Å². The molecule has 1 fully saturated rings. The molecule has 0 bridgehead atoms. The van der Waals surface area contributed by atoms with Gasteiger partial charge in [0, 0.05) is 44.5 Å². The number of nitrogens with zero attached hydrogens (tertiary/aromatic N) is 3. The molecule has 0 spiro atoms. The molecule has 1 atom stereocenters. The van der Waals surface area contributed by atoms with Gasteiger partial charge in [0.2, 0.25) is 11.8 Å². The summed E-state index contributed by atoms with van der Waals surface area (Å²) in [4.78, 5) is 38.5. The van der Waals surface area contributed by atoms with E-state index in [4.69, 9.17) is 4.74 Å². The van der Waals surface area contributed by atoms with Crippen LogP contribution in [-0.2, 0) is 20.9 Å². The Morgan fingerprint density at radius 1 is 1.30 bits per heavy atom. The molecule has 1 aromatic heterocycles. The average molecular weight is 372 g/mol. The first kappa shape index (κ1) is 19.0. The van der Waals surface area contributed by atoms with Crippen LogP contribution in [0.3, 0.4) is 0 Å². The van der Waals surface area contributed by atoms with E-state index in [9.17, 15) is 14.4 Å². The number of likely N-dealkylation sites (tertiary alicyclic amines) is 1. The SMILES string of the molecule is COCCN1C[C@@H](CNC(=O)Cn2nc(C)c3ccccc3c2=O)CC1=O. The highest BCUT2D eigenvalue weighted by atomic mass is 16.5. The lowest BCUT2D eigenvalue weighted by molar-refractivity contribution is -0.128. The van der Waals surface area contributed by atoms with Crippen molar-refractivity contribution in [3.8, 4) is 0 Å². The van der Waals surface area contributed by atoms with Gasteiger partial charge in [-0.05, 0) is 13.0 Å². The van der Waals surface area contributed by atoms with Crippen molar-refractivity contribution in [3.05, 3.63) is 40.3 Å². The van der Waals surface area contributed by atoms with Crippen LogP contribution < -0.4 is 10.9 Å². The molecule has 8 heteroatoms. The van der Waals surface area contributed by atoms with Crippen LogP contribution in [0.15, 0.2) is 29.1 Å². The Kier molecular flexibility index (Phi) is 5.85. The molecule has 2 aromatic rings. The number of carbonyl (C=O) groups excluding carboxylic acids is 2. The number of rotatable bonds is 7. The molecule has 1 aromatic carbocycles. The van der Waals surface area contributed by atoms with Gasteiger partial charge in [0.15, 0.2) is 0 Å². The van der Waals surface area contributed by atoms with E-state index in [2.05, 4.69) is 10.4 Å². The second-order valence-electron chi connectivity index (χ2n) is 6.80. The lowest BCUT2D eigenvalue weighted by atomic mass is 10.1. The zero-order chi connectivity index (χ0) is 19.4. The molecule has 8 nitrogen and oxygen atoms in total. The lowest BCUT2D eigenvalue weighted by Crippen LogP contribution is -2.37. The third-order valence-electron chi connectivity index (χ3n) is 4.79. The second kappa shape index (κ2) is 8.30. The van der Waals surface area contributed by atoms with Crippen molar-refractivity contribution in [3.63, 3.8) is 0 Å². The van der Waals surface area contributed by atoms with Crippen LogP contribution >= 0.6 is 0 Å². The minimum absolute atomic E-state index is 0.0707. The molecule has 144 valence electrons. The third kappa shape index (κ3) is 4.33. The van der Waals surface area contributed by atoms with Crippen molar-refractivity contribution in [2.75, 3.05) is 33.4 Å². The van der Waals surface area contributed by atoms with Gasteiger partial charge in [-0.1, -0.05) is 18.2 Å². The summed E-state index contributed by atoms with van der Waals surface area (Å²) in [5.74, 6) is -0.141. The zero-order valence-electron chi connectivity index (χ0n) is 15.6. The Labute approximate surface area is 157 Å². The summed E-state index contributed by atoms with van der Waals surface area (Å²) in [5.41, 5.74) is 0.418. The number of hydrogen-bond donors (Lipinski definition) is 1. The monoisotopic (exact) mass is 372 g/mol. The van der Waals surface area contributed by atoms with Crippen molar-refractivity contribution in [1.29, 1.82) is 0 Å². The highest BCUT2D eigenvalue weighted by Gasteiger charge is 2.29. The van der Waals surface area contributed by atoms with Gasteiger partial charge in [0.25, 0.3) is 5.56 Å². The summed E-state index contributed by atoms with van der Waals surface area (Å²) in [5, 5.41) is 8.40. The van der Waals surface area contributed by atoms with E-state index in [1.807, 2.05) is 19.1 Å². The number of aryl methyl sites for hydroxylation is 1. The molecule has 1 aliphatic rings. The Balaban J connectivity index is 1.59. The van der Waals surface area contributed by atoms with E-state index in [1.165, 1.54) is 4.68 Å². The summed E-state index contributed by atoms with van der Waals surface area (Å²) in [6, 6.07) is 7.22. The molecular weight excluding hydrogens is 348 g/mol. The fraction of sp³-hybridized carbons (Fsp3) is 0.474. The Morgan fingerprint density at radius 2 is 2.04 bits per heavy atom. The molecule has 0 radical (unpaired) electrons. The van der Waals surface area contributed by atoms with Crippen LogP contribution in [0.25, 0.3) is 10.8 Å². The van der Waals surface area contributed by atoms with Crippen molar-refractivity contribution >= 4 is 22.6 Å².